The Morgan fingerprint density at radius 2 is 1.74 bits per heavy atom. The first-order chi connectivity index (χ1) is 11.0. The summed E-state index contributed by atoms with van der Waals surface area (Å²) in [5.41, 5.74) is 0.239. The van der Waals surface area contributed by atoms with Crippen LogP contribution in [0.1, 0.15) is 67.2 Å². The molecule has 1 aromatic carbocycles. The number of ether oxygens (including phenoxy) is 2. The molecule has 1 aromatic rings. The maximum atomic E-state index is 12.3. The van der Waals surface area contributed by atoms with E-state index in [2.05, 4.69) is 13.8 Å². The van der Waals surface area contributed by atoms with Crippen molar-refractivity contribution < 1.29 is 19.1 Å². The van der Waals surface area contributed by atoms with E-state index >= 15 is 0 Å². The van der Waals surface area contributed by atoms with Gasteiger partial charge in [-0.05, 0) is 37.3 Å². The average molecular weight is 341 g/mol. The summed E-state index contributed by atoms with van der Waals surface area (Å²) < 4.78 is 10.4. The lowest BCUT2D eigenvalue weighted by Crippen LogP contribution is -2.15. The van der Waals surface area contributed by atoms with Gasteiger partial charge < -0.3 is 9.47 Å². The smallest absolute Gasteiger partial charge is 0.340 e. The third-order valence-corrected chi connectivity index (χ3v) is 3.64. The van der Waals surface area contributed by atoms with E-state index < -0.39 is 11.9 Å². The number of halogens is 1. The Balaban J connectivity index is 2.76. The SMILES string of the molecule is CCCCOC(=O)c1cccc(Cl)c1C(=O)OCCCC(C)C. The predicted octanol–water partition coefficient (Wildman–Crippen LogP) is 4.89. The molecule has 0 N–H and O–H groups in total. The molecule has 1 rings (SSSR count). The van der Waals surface area contributed by atoms with Crippen LogP contribution in [0.3, 0.4) is 0 Å². The van der Waals surface area contributed by atoms with Crippen LogP contribution in [0.2, 0.25) is 5.02 Å². The molecular weight excluding hydrogens is 316 g/mol. The minimum absolute atomic E-state index is 0.0835. The third-order valence-electron chi connectivity index (χ3n) is 3.33. The van der Waals surface area contributed by atoms with E-state index in [-0.39, 0.29) is 16.1 Å². The van der Waals surface area contributed by atoms with Crippen molar-refractivity contribution >= 4 is 23.5 Å². The van der Waals surface area contributed by atoms with E-state index in [4.69, 9.17) is 21.1 Å². The molecule has 0 radical (unpaired) electrons. The highest BCUT2D eigenvalue weighted by molar-refractivity contribution is 6.34. The van der Waals surface area contributed by atoms with Gasteiger partial charge in [-0.25, -0.2) is 9.59 Å². The Bertz CT molecular complexity index is 526. The van der Waals surface area contributed by atoms with E-state index in [0.29, 0.717) is 19.1 Å². The Kier molecular flexibility index (Phi) is 8.70. The van der Waals surface area contributed by atoms with Gasteiger partial charge in [-0.15, -0.1) is 0 Å². The summed E-state index contributed by atoms with van der Waals surface area (Å²) in [6, 6.07) is 4.72. The van der Waals surface area contributed by atoms with Gasteiger partial charge in [0.2, 0.25) is 0 Å². The van der Waals surface area contributed by atoms with Crippen LogP contribution < -0.4 is 0 Å². The predicted molar refractivity (Wildman–Crippen MR) is 91.0 cm³/mol. The van der Waals surface area contributed by atoms with Crippen LogP contribution in [-0.4, -0.2) is 25.2 Å². The number of rotatable bonds is 9. The fourth-order valence-corrected chi connectivity index (χ4v) is 2.27. The van der Waals surface area contributed by atoms with Crippen molar-refractivity contribution in [3.63, 3.8) is 0 Å². The largest absolute Gasteiger partial charge is 0.462 e. The zero-order valence-electron chi connectivity index (χ0n) is 14.1. The molecule has 0 bridgehead atoms. The third kappa shape index (κ3) is 6.61. The van der Waals surface area contributed by atoms with E-state index in [9.17, 15) is 9.59 Å². The molecule has 0 unspecified atom stereocenters. The zero-order chi connectivity index (χ0) is 17.2. The highest BCUT2D eigenvalue weighted by atomic mass is 35.5. The standard InChI is InChI=1S/C18H25ClO4/c1-4-5-11-22-17(20)14-9-6-10-15(19)16(14)18(21)23-12-7-8-13(2)3/h6,9-10,13H,4-5,7-8,11-12H2,1-3H3. The van der Waals surface area contributed by atoms with Crippen LogP contribution in [-0.2, 0) is 9.47 Å². The normalized spacial score (nSPS) is 10.7. The van der Waals surface area contributed by atoms with Crippen molar-refractivity contribution in [3.8, 4) is 0 Å². The molecule has 23 heavy (non-hydrogen) atoms. The van der Waals surface area contributed by atoms with Gasteiger partial charge in [0.1, 0.15) is 0 Å². The zero-order valence-corrected chi connectivity index (χ0v) is 14.8. The minimum Gasteiger partial charge on any atom is -0.462 e. The van der Waals surface area contributed by atoms with Crippen LogP contribution in [0.4, 0.5) is 0 Å². The van der Waals surface area contributed by atoms with Crippen molar-refractivity contribution in [2.24, 2.45) is 5.92 Å². The van der Waals surface area contributed by atoms with Crippen molar-refractivity contribution in [3.05, 3.63) is 34.3 Å². The molecule has 0 aliphatic heterocycles. The van der Waals surface area contributed by atoms with Crippen LogP contribution in [0.5, 0.6) is 0 Å². The molecule has 0 spiro atoms. The van der Waals surface area contributed by atoms with Crippen LogP contribution >= 0.6 is 11.6 Å². The molecule has 0 saturated carbocycles. The Morgan fingerprint density at radius 3 is 2.39 bits per heavy atom. The average Bonchev–Trinajstić information content (AvgIpc) is 2.51. The van der Waals surface area contributed by atoms with E-state index in [1.165, 1.54) is 6.07 Å². The number of carbonyl (C=O) groups excluding carboxylic acids is 2. The van der Waals surface area contributed by atoms with Crippen molar-refractivity contribution in [1.82, 2.24) is 0 Å². The van der Waals surface area contributed by atoms with Crippen molar-refractivity contribution in [1.29, 1.82) is 0 Å². The van der Waals surface area contributed by atoms with E-state index in [1.807, 2.05) is 6.92 Å². The fourth-order valence-electron chi connectivity index (χ4n) is 2.02. The first kappa shape index (κ1) is 19.5. The number of hydrogen-bond donors (Lipinski definition) is 0. The summed E-state index contributed by atoms with van der Waals surface area (Å²) >= 11 is 6.08. The van der Waals surface area contributed by atoms with Crippen molar-refractivity contribution in [2.75, 3.05) is 13.2 Å². The molecule has 128 valence electrons. The molecule has 0 heterocycles. The second kappa shape index (κ2) is 10.3. The number of esters is 2. The summed E-state index contributed by atoms with van der Waals surface area (Å²) in [6.07, 6.45) is 3.46. The number of unbranched alkanes of at least 4 members (excludes halogenated alkanes) is 1. The second-order valence-electron chi connectivity index (χ2n) is 5.82. The quantitative estimate of drug-likeness (QED) is 0.474. The van der Waals surface area contributed by atoms with Crippen molar-refractivity contribution in [2.45, 2.75) is 46.5 Å². The molecule has 5 heteroatoms. The van der Waals surface area contributed by atoms with Gasteiger partial charge in [-0.1, -0.05) is 44.9 Å². The topological polar surface area (TPSA) is 52.6 Å². The summed E-state index contributed by atoms with van der Waals surface area (Å²) in [5.74, 6) is -0.574. The van der Waals surface area contributed by atoms with Gasteiger partial charge in [0.15, 0.2) is 0 Å². The Hall–Kier alpha value is -1.55. The first-order valence-electron chi connectivity index (χ1n) is 8.10. The highest BCUT2D eigenvalue weighted by Gasteiger charge is 2.22. The monoisotopic (exact) mass is 340 g/mol. The van der Waals surface area contributed by atoms with Gasteiger partial charge in [0.25, 0.3) is 0 Å². The molecule has 0 atom stereocenters. The minimum atomic E-state index is -0.582. The molecule has 4 nitrogen and oxygen atoms in total. The van der Waals surface area contributed by atoms with E-state index in [1.54, 1.807) is 12.1 Å². The lowest BCUT2D eigenvalue weighted by Gasteiger charge is -2.11. The van der Waals surface area contributed by atoms with Gasteiger partial charge in [-0.3, -0.25) is 0 Å². The molecular formula is C18H25ClO4. The maximum absolute atomic E-state index is 12.3. The Morgan fingerprint density at radius 1 is 1.09 bits per heavy atom. The highest BCUT2D eigenvalue weighted by Crippen LogP contribution is 2.22. The molecule has 0 aromatic heterocycles. The second-order valence-corrected chi connectivity index (χ2v) is 6.23. The summed E-state index contributed by atoms with van der Waals surface area (Å²) in [6.45, 7) is 6.87. The van der Waals surface area contributed by atoms with Crippen LogP contribution in [0, 0.1) is 5.92 Å². The van der Waals surface area contributed by atoms with Crippen LogP contribution in [0.25, 0.3) is 0 Å². The summed E-state index contributed by atoms with van der Waals surface area (Å²) in [7, 11) is 0. The number of hydrogen-bond acceptors (Lipinski definition) is 4. The summed E-state index contributed by atoms with van der Waals surface area (Å²) in [4.78, 5) is 24.4. The summed E-state index contributed by atoms with van der Waals surface area (Å²) in [5, 5.41) is 0.198. The fraction of sp³-hybridized carbons (Fsp3) is 0.556. The van der Waals surface area contributed by atoms with Gasteiger partial charge in [0.05, 0.1) is 29.4 Å². The molecule has 0 aliphatic rings. The Labute approximate surface area is 143 Å². The molecule has 0 fully saturated rings. The first-order valence-corrected chi connectivity index (χ1v) is 8.47. The number of carbonyl (C=O) groups is 2. The number of benzene rings is 1. The lowest BCUT2D eigenvalue weighted by atomic mass is 10.1. The molecule has 0 saturated heterocycles. The maximum Gasteiger partial charge on any atom is 0.340 e. The molecule has 0 aliphatic carbocycles. The van der Waals surface area contributed by atoms with Gasteiger partial charge in [0, 0.05) is 0 Å². The van der Waals surface area contributed by atoms with Gasteiger partial charge >= 0.3 is 11.9 Å². The van der Waals surface area contributed by atoms with Gasteiger partial charge in [-0.2, -0.15) is 0 Å². The van der Waals surface area contributed by atoms with Crippen LogP contribution in [0.15, 0.2) is 18.2 Å². The van der Waals surface area contributed by atoms with E-state index in [0.717, 1.165) is 25.7 Å². The lowest BCUT2D eigenvalue weighted by molar-refractivity contribution is 0.0450. The molecule has 0 amide bonds.